The van der Waals surface area contributed by atoms with Gasteiger partial charge in [0.1, 0.15) is 34.2 Å². The third-order valence-corrected chi connectivity index (χ3v) is 10.9. The number of rotatable bonds is 7. The van der Waals surface area contributed by atoms with Crippen molar-refractivity contribution in [2.75, 3.05) is 0 Å². The molecular formula is C46H48N2O4. The second kappa shape index (κ2) is 12.1. The van der Waals surface area contributed by atoms with Crippen LogP contribution < -0.4 is 9.47 Å². The Balaban J connectivity index is 1.20. The maximum absolute atomic E-state index is 11.5. The molecule has 2 atom stereocenters. The van der Waals surface area contributed by atoms with Gasteiger partial charge in [0.2, 0.25) is 0 Å². The van der Waals surface area contributed by atoms with Crippen LogP contribution in [0.25, 0.3) is 66.9 Å². The highest BCUT2D eigenvalue weighted by molar-refractivity contribution is 6.15. The molecule has 0 bridgehead atoms. The van der Waals surface area contributed by atoms with Crippen molar-refractivity contribution in [1.82, 2.24) is 9.97 Å². The van der Waals surface area contributed by atoms with Crippen molar-refractivity contribution < 1.29 is 19.7 Å². The molecule has 0 aliphatic carbocycles. The lowest BCUT2D eigenvalue weighted by Crippen LogP contribution is -2.32. The molecule has 4 heterocycles. The van der Waals surface area contributed by atoms with E-state index in [-0.39, 0.29) is 22.7 Å². The fourth-order valence-corrected chi connectivity index (χ4v) is 8.08. The van der Waals surface area contributed by atoms with E-state index in [0.29, 0.717) is 11.1 Å². The number of H-pyrrole nitrogens is 2. The lowest BCUT2D eigenvalue weighted by atomic mass is 9.92. The first-order valence-electron chi connectivity index (χ1n) is 18.4. The van der Waals surface area contributed by atoms with Crippen LogP contribution in [0.15, 0.2) is 71.8 Å². The highest BCUT2D eigenvalue weighted by Gasteiger charge is 2.31. The van der Waals surface area contributed by atoms with Crippen molar-refractivity contribution in [1.29, 1.82) is 0 Å². The van der Waals surface area contributed by atoms with Crippen molar-refractivity contribution in [2.24, 2.45) is 0 Å². The molecule has 0 radical (unpaired) electrons. The molecule has 8 rings (SSSR count). The smallest absolute Gasteiger partial charge is 0.132 e. The Kier molecular flexibility index (Phi) is 7.87. The predicted octanol–water partition coefficient (Wildman–Crippen LogP) is 12.5. The van der Waals surface area contributed by atoms with Gasteiger partial charge in [-0.2, -0.15) is 0 Å². The summed E-state index contributed by atoms with van der Waals surface area (Å²) in [5.74, 6) is 1.96. The molecule has 0 fully saturated rings. The molecule has 0 spiro atoms. The zero-order valence-corrected chi connectivity index (χ0v) is 31.5. The van der Waals surface area contributed by atoms with Gasteiger partial charge < -0.3 is 29.7 Å². The fourth-order valence-electron chi connectivity index (χ4n) is 8.08. The minimum absolute atomic E-state index is 0.0927. The summed E-state index contributed by atoms with van der Waals surface area (Å²) in [5.41, 5.74) is 10.7. The molecule has 266 valence electrons. The molecule has 2 aromatic heterocycles. The lowest BCUT2D eigenvalue weighted by Gasteiger charge is -2.32. The quantitative estimate of drug-likeness (QED) is 0.125. The van der Waals surface area contributed by atoms with Crippen molar-refractivity contribution in [3.63, 3.8) is 0 Å². The van der Waals surface area contributed by atoms with Crippen molar-refractivity contribution in [3.05, 3.63) is 94.1 Å². The monoisotopic (exact) mass is 692 g/mol. The summed E-state index contributed by atoms with van der Waals surface area (Å²) in [6.45, 7) is 17.0. The van der Waals surface area contributed by atoms with Crippen LogP contribution in [0, 0.1) is 13.8 Å². The van der Waals surface area contributed by atoms with Crippen LogP contribution in [0.4, 0.5) is 0 Å². The van der Waals surface area contributed by atoms with Gasteiger partial charge in [-0.15, -0.1) is 0 Å². The Morgan fingerprint density at radius 3 is 1.40 bits per heavy atom. The maximum Gasteiger partial charge on any atom is 0.132 e. The molecular weight excluding hydrogens is 645 g/mol. The zero-order valence-electron chi connectivity index (χ0n) is 31.5. The number of phenols is 2. The summed E-state index contributed by atoms with van der Waals surface area (Å²) in [6, 6.07) is 11.8. The van der Waals surface area contributed by atoms with Gasteiger partial charge >= 0.3 is 0 Å². The van der Waals surface area contributed by atoms with E-state index in [0.717, 1.165) is 103 Å². The van der Waals surface area contributed by atoms with Gasteiger partial charge in [0.15, 0.2) is 0 Å². The number of aromatic amines is 2. The molecule has 6 heteroatoms. The molecule has 2 unspecified atom stereocenters. The van der Waals surface area contributed by atoms with E-state index in [1.54, 1.807) is 12.1 Å². The first kappa shape index (κ1) is 33.8. The fraction of sp³-hybridized carbons (Fsp3) is 0.304. The summed E-state index contributed by atoms with van der Waals surface area (Å²) in [5, 5.41) is 27.0. The Bertz CT molecular complexity index is 2410. The number of hydrogen-bond acceptors (Lipinski definition) is 4. The highest BCUT2D eigenvalue weighted by Crippen LogP contribution is 2.48. The summed E-state index contributed by atoms with van der Waals surface area (Å²) < 4.78 is 13.4. The Morgan fingerprint density at radius 1 is 0.615 bits per heavy atom. The number of fused-ring (bicyclic) bond motifs is 10. The van der Waals surface area contributed by atoms with Crippen LogP contribution in [0.3, 0.4) is 0 Å². The van der Waals surface area contributed by atoms with E-state index < -0.39 is 0 Å². The van der Waals surface area contributed by atoms with Gasteiger partial charge in [0, 0.05) is 55.9 Å². The maximum atomic E-state index is 11.5. The topological polar surface area (TPSA) is 90.5 Å². The standard InChI is InChI=1S/C46H48N2O4/c1-25(2)11-9-15-45(7)17-13-29-41-35(19-27(5)43(29)51-45)31-21-33(39(49)23-37(31)47-41)34-22-32-36-20-28(6)44-30(42(36)48-38(32)24-40(34)50)14-18-46(8,52-44)16-10-12-26(3)4/h11-14,17-24,47-50H,9-10,15-16H2,1-8H3. The van der Waals surface area contributed by atoms with E-state index in [1.165, 1.54) is 11.1 Å². The largest absolute Gasteiger partial charge is 0.507 e. The second-order valence-corrected chi connectivity index (χ2v) is 15.9. The second-order valence-electron chi connectivity index (χ2n) is 15.9. The number of aromatic hydroxyl groups is 2. The molecule has 2 aliphatic rings. The molecule has 6 aromatic rings. The minimum Gasteiger partial charge on any atom is -0.507 e. The number of benzene rings is 4. The molecule has 52 heavy (non-hydrogen) atoms. The van der Waals surface area contributed by atoms with Crippen LogP contribution in [0.2, 0.25) is 0 Å². The third kappa shape index (κ3) is 5.65. The Hall–Kier alpha value is -5.36. The normalized spacial score (nSPS) is 19.2. The highest BCUT2D eigenvalue weighted by atomic mass is 16.5. The van der Waals surface area contributed by atoms with Crippen LogP contribution in [-0.4, -0.2) is 31.4 Å². The van der Waals surface area contributed by atoms with E-state index >= 15 is 0 Å². The lowest BCUT2D eigenvalue weighted by molar-refractivity contribution is 0.127. The SMILES string of the molecule is CC(C)=CCCC1(C)C=Cc2c(c(C)cc3c2[nH]c2cc(O)c(-c4cc5c(cc4O)[nH]c4c6c(c(C)cc45)OC(C)(CCC=C(C)C)C=C6)cc23)O1. The minimum atomic E-state index is -0.388. The van der Waals surface area contributed by atoms with Gasteiger partial charge in [0.25, 0.3) is 0 Å². The zero-order chi connectivity index (χ0) is 36.7. The average molecular weight is 693 g/mol. The molecule has 0 saturated carbocycles. The number of hydrogen-bond donors (Lipinski definition) is 4. The number of nitrogens with one attached hydrogen (secondary N) is 2. The summed E-state index contributed by atoms with van der Waals surface area (Å²) in [4.78, 5) is 7.14. The molecule has 2 aliphatic heterocycles. The Labute approximate surface area is 305 Å². The average Bonchev–Trinajstić information content (AvgIpc) is 3.60. The van der Waals surface area contributed by atoms with Gasteiger partial charge in [0.05, 0.1) is 22.1 Å². The molecule has 0 saturated heterocycles. The molecule has 4 N–H and O–H groups in total. The number of phenolic OH excluding ortho intramolecular Hbond substituents is 2. The van der Waals surface area contributed by atoms with Gasteiger partial charge in [-0.1, -0.05) is 23.3 Å². The molecule has 6 nitrogen and oxygen atoms in total. The van der Waals surface area contributed by atoms with E-state index in [4.69, 9.17) is 9.47 Å². The van der Waals surface area contributed by atoms with Crippen LogP contribution >= 0.6 is 0 Å². The molecule has 0 amide bonds. The first-order chi connectivity index (χ1) is 24.7. The van der Waals surface area contributed by atoms with Crippen LogP contribution in [-0.2, 0) is 0 Å². The first-order valence-corrected chi connectivity index (χ1v) is 18.4. The number of aromatic nitrogens is 2. The van der Waals surface area contributed by atoms with Gasteiger partial charge in [-0.25, -0.2) is 0 Å². The van der Waals surface area contributed by atoms with Crippen molar-refractivity contribution >= 4 is 55.8 Å². The summed E-state index contributed by atoms with van der Waals surface area (Å²) in [6.07, 6.45) is 16.9. The molecule has 4 aromatic carbocycles. The van der Waals surface area contributed by atoms with Gasteiger partial charge in [-0.05, 0) is 141 Å². The van der Waals surface area contributed by atoms with E-state index in [1.807, 2.05) is 12.1 Å². The van der Waals surface area contributed by atoms with Crippen molar-refractivity contribution in [3.8, 4) is 34.1 Å². The van der Waals surface area contributed by atoms with Crippen LogP contribution in [0.5, 0.6) is 23.0 Å². The summed E-state index contributed by atoms with van der Waals surface area (Å²) in [7, 11) is 0. The van der Waals surface area contributed by atoms with Crippen molar-refractivity contribution in [2.45, 2.75) is 92.3 Å². The van der Waals surface area contributed by atoms with E-state index in [2.05, 4.69) is 114 Å². The number of allylic oxidation sites excluding steroid dienone is 4. The number of ether oxygens (including phenoxy) is 2. The predicted molar refractivity (Wildman–Crippen MR) is 217 cm³/mol. The van der Waals surface area contributed by atoms with Crippen LogP contribution in [0.1, 0.15) is 89.5 Å². The van der Waals surface area contributed by atoms with E-state index in [9.17, 15) is 10.2 Å². The Morgan fingerprint density at radius 2 is 1.02 bits per heavy atom. The number of aryl methyl sites for hydroxylation is 2. The van der Waals surface area contributed by atoms with Gasteiger partial charge in [-0.3, -0.25) is 0 Å². The third-order valence-electron chi connectivity index (χ3n) is 10.9. The summed E-state index contributed by atoms with van der Waals surface area (Å²) >= 11 is 0.